The van der Waals surface area contributed by atoms with E-state index in [0.29, 0.717) is 10.8 Å². The molecule has 0 saturated heterocycles. The van der Waals surface area contributed by atoms with Crippen molar-refractivity contribution in [1.82, 2.24) is 4.98 Å². The molecule has 0 aliphatic rings. The number of hydrogen-bond acceptors (Lipinski definition) is 4. The first-order chi connectivity index (χ1) is 8.11. The maximum Gasteiger partial charge on any atom is 0.183 e. The third-order valence-electron chi connectivity index (χ3n) is 2.28. The zero-order valence-electron chi connectivity index (χ0n) is 9.45. The molecule has 0 aliphatic carbocycles. The van der Waals surface area contributed by atoms with E-state index in [9.17, 15) is 9.18 Å². The smallest absolute Gasteiger partial charge is 0.183 e. The van der Waals surface area contributed by atoms with Crippen molar-refractivity contribution in [3.8, 4) is 10.4 Å². The van der Waals surface area contributed by atoms with E-state index in [2.05, 4.69) is 10.3 Å². The molecule has 0 aliphatic heterocycles. The molecule has 0 bridgehead atoms. The van der Waals surface area contributed by atoms with Gasteiger partial charge in [-0.15, -0.1) is 0 Å². The van der Waals surface area contributed by atoms with Crippen molar-refractivity contribution >= 4 is 22.3 Å². The first-order valence-electron chi connectivity index (χ1n) is 5.07. The molecule has 2 rings (SSSR count). The van der Waals surface area contributed by atoms with Crippen LogP contribution in [0.4, 0.5) is 9.52 Å². The van der Waals surface area contributed by atoms with E-state index < -0.39 is 0 Å². The number of rotatable bonds is 3. The molecule has 1 heterocycles. The number of Topliss-reactive ketones (excluding diaryl/α,β-unsaturated/α-hetero) is 1. The Bertz CT molecular complexity index is 548. The van der Waals surface area contributed by atoms with Crippen LogP contribution >= 0.6 is 11.3 Å². The molecule has 0 fully saturated rings. The van der Waals surface area contributed by atoms with Gasteiger partial charge in [0.25, 0.3) is 0 Å². The predicted octanol–water partition coefficient (Wildman–Crippen LogP) is 3.19. The Morgan fingerprint density at radius 2 is 2.00 bits per heavy atom. The molecule has 0 amide bonds. The van der Waals surface area contributed by atoms with E-state index in [1.807, 2.05) is 0 Å². The lowest BCUT2D eigenvalue weighted by atomic mass is 10.1. The van der Waals surface area contributed by atoms with Crippen molar-refractivity contribution in [3.63, 3.8) is 0 Å². The lowest BCUT2D eigenvalue weighted by Crippen LogP contribution is -1.95. The Labute approximate surface area is 102 Å². The van der Waals surface area contributed by atoms with E-state index in [1.165, 1.54) is 30.4 Å². The molecular weight excluding hydrogens is 239 g/mol. The van der Waals surface area contributed by atoms with Gasteiger partial charge in [0.1, 0.15) is 11.5 Å². The van der Waals surface area contributed by atoms with Gasteiger partial charge in [-0.1, -0.05) is 23.5 Å². The molecule has 1 aromatic heterocycles. The molecular formula is C12H11FN2OS. The van der Waals surface area contributed by atoms with Crippen molar-refractivity contribution in [2.45, 2.75) is 6.92 Å². The van der Waals surface area contributed by atoms with Crippen molar-refractivity contribution < 1.29 is 9.18 Å². The fraction of sp³-hybridized carbons (Fsp3) is 0.167. The minimum Gasteiger partial charge on any atom is -0.365 e. The third-order valence-corrected chi connectivity index (χ3v) is 3.40. The Morgan fingerprint density at radius 1 is 1.35 bits per heavy atom. The highest BCUT2D eigenvalue weighted by Crippen LogP contribution is 2.33. The topological polar surface area (TPSA) is 42.0 Å². The van der Waals surface area contributed by atoms with Gasteiger partial charge in [-0.05, 0) is 17.7 Å². The summed E-state index contributed by atoms with van der Waals surface area (Å²) < 4.78 is 12.8. The van der Waals surface area contributed by atoms with Crippen LogP contribution in [-0.2, 0) is 0 Å². The summed E-state index contributed by atoms with van der Waals surface area (Å²) >= 11 is 1.38. The molecule has 0 radical (unpaired) electrons. The van der Waals surface area contributed by atoms with Crippen LogP contribution in [0.5, 0.6) is 0 Å². The quantitative estimate of drug-likeness (QED) is 0.851. The van der Waals surface area contributed by atoms with Crippen LogP contribution in [0.2, 0.25) is 0 Å². The third kappa shape index (κ3) is 2.34. The van der Waals surface area contributed by atoms with E-state index >= 15 is 0 Å². The summed E-state index contributed by atoms with van der Waals surface area (Å²) in [7, 11) is 1.75. The van der Waals surface area contributed by atoms with E-state index in [1.54, 1.807) is 19.2 Å². The number of benzene rings is 1. The van der Waals surface area contributed by atoms with Crippen LogP contribution in [0, 0.1) is 5.82 Å². The van der Waals surface area contributed by atoms with E-state index in [0.717, 1.165) is 10.4 Å². The summed E-state index contributed by atoms with van der Waals surface area (Å²) in [6.07, 6.45) is 0. The van der Waals surface area contributed by atoms with Gasteiger partial charge in [-0.25, -0.2) is 9.37 Å². The van der Waals surface area contributed by atoms with Crippen molar-refractivity contribution in [2.24, 2.45) is 0 Å². The van der Waals surface area contributed by atoms with Gasteiger partial charge >= 0.3 is 0 Å². The Balaban J connectivity index is 2.53. The molecule has 2 aromatic rings. The molecule has 0 atom stereocenters. The molecule has 88 valence electrons. The Morgan fingerprint density at radius 3 is 2.53 bits per heavy atom. The van der Waals surface area contributed by atoms with Gasteiger partial charge in [0.2, 0.25) is 0 Å². The Kier molecular flexibility index (Phi) is 3.19. The highest BCUT2D eigenvalue weighted by Gasteiger charge is 2.15. The van der Waals surface area contributed by atoms with Gasteiger partial charge < -0.3 is 5.32 Å². The fourth-order valence-corrected chi connectivity index (χ4v) is 2.43. The van der Waals surface area contributed by atoms with Gasteiger partial charge in [-0.2, -0.15) is 0 Å². The van der Waals surface area contributed by atoms with Crippen LogP contribution in [0.15, 0.2) is 24.3 Å². The molecule has 5 heteroatoms. The first-order valence-corrected chi connectivity index (χ1v) is 5.89. The van der Waals surface area contributed by atoms with E-state index in [4.69, 9.17) is 0 Å². The minimum absolute atomic E-state index is 0.0953. The number of anilines is 1. The van der Waals surface area contributed by atoms with Gasteiger partial charge in [0.15, 0.2) is 10.9 Å². The summed E-state index contributed by atoms with van der Waals surface area (Å²) in [6, 6.07) is 6.04. The summed E-state index contributed by atoms with van der Waals surface area (Å²) in [6.45, 7) is 1.47. The molecule has 0 saturated carbocycles. The number of nitrogens with zero attached hydrogens (tertiary/aromatic N) is 1. The van der Waals surface area contributed by atoms with Crippen LogP contribution < -0.4 is 5.32 Å². The average molecular weight is 250 g/mol. The predicted molar refractivity (Wildman–Crippen MR) is 67.1 cm³/mol. The van der Waals surface area contributed by atoms with Gasteiger partial charge in [-0.3, -0.25) is 4.79 Å². The summed E-state index contributed by atoms with van der Waals surface area (Å²) in [5.41, 5.74) is 1.22. The molecule has 0 spiro atoms. The number of aromatic nitrogens is 1. The molecule has 1 N–H and O–H groups in total. The zero-order chi connectivity index (χ0) is 12.4. The largest absolute Gasteiger partial charge is 0.365 e. The second kappa shape index (κ2) is 4.63. The molecule has 1 aromatic carbocycles. The lowest BCUT2D eigenvalue weighted by Gasteiger charge is -1.98. The Hall–Kier alpha value is -1.75. The summed E-state index contributed by atoms with van der Waals surface area (Å²) in [4.78, 5) is 16.4. The lowest BCUT2D eigenvalue weighted by molar-refractivity contribution is 0.101. The molecule has 17 heavy (non-hydrogen) atoms. The van der Waals surface area contributed by atoms with Crippen LogP contribution in [0.3, 0.4) is 0 Å². The molecule has 0 unspecified atom stereocenters. The van der Waals surface area contributed by atoms with Crippen molar-refractivity contribution in [2.75, 3.05) is 12.4 Å². The second-order valence-electron chi connectivity index (χ2n) is 3.51. The number of carbonyl (C=O) groups excluding carboxylic acids is 1. The molecule has 3 nitrogen and oxygen atoms in total. The van der Waals surface area contributed by atoms with Crippen LogP contribution in [-0.4, -0.2) is 17.8 Å². The maximum absolute atomic E-state index is 12.8. The van der Waals surface area contributed by atoms with Crippen LogP contribution in [0.25, 0.3) is 10.4 Å². The summed E-state index contributed by atoms with van der Waals surface area (Å²) in [5, 5.41) is 3.58. The van der Waals surface area contributed by atoms with Gasteiger partial charge in [0.05, 0.1) is 4.88 Å². The fourth-order valence-electron chi connectivity index (χ4n) is 1.46. The van der Waals surface area contributed by atoms with Crippen molar-refractivity contribution in [3.05, 3.63) is 35.8 Å². The normalized spacial score (nSPS) is 10.3. The average Bonchev–Trinajstić information content (AvgIpc) is 2.74. The standard InChI is InChI=1S/C12H11FN2OS/c1-7(16)10-11(17-12(14-2)15-10)8-3-5-9(13)6-4-8/h3-6H,1-2H3,(H,14,15). The number of ketones is 1. The highest BCUT2D eigenvalue weighted by atomic mass is 32.1. The van der Waals surface area contributed by atoms with Gasteiger partial charge in [0, 0.05) is 14.0 Å². The number of halogens is 1. The first kappa shape index (κ1) is 11.7. The van der Waals surface area contributed by atoms with Crippen LogP contribution in [0.1, 0.15) is 17.4 Å². The number of hydrogen-bond donors (Lipinski definition) is 1. The monoisotopic (exact) mass is 250 g/mol. The summed E-state index contributed by atoms with van der Waals surface area (Å²) in [5.74, 6) is -0.390. The number of thiazole rings is 1. The second-order valence-corrected chi connectivity index (χ2v) is 4.51. The minimum atomic E-state index is -0.295. The van der Waals surface area contributed by atoms with Crippen molar-refractivity contribution in [1.29, 1.82) is 0 Å². The van der Waals surface area contributed by atoms with E-state index in [-0.39, 0.29) is 11.6 Å². The zero-order valence-corrected chi connectivity index (χ0v) is 10.3. The highest BCUT2D eigenvalue weighted by molar-refractivity contribution is 7.19. The number of carbonyl (C=O) groups is 1. The maximum atomic E-state index is 12.8. The SMILES string of the molecule is CNc1nc(C(C)=O)c(-c2ccc(F)cc2)s1. The number of nitrogens with one attached hydrogen (secondary N) is 1.